The Morgan fingerprint density at radius 1 is 1.33 bits per heavy atom. The number of hydrogen-bond acceptors (Lipinski definition) is 2. The molecule has 0 aliphatic carbocycles. The maximum Gasteiger partial charge on any atom is 0.309 e. The molecule has 3 atom stereocenters. The van der Waals surface area contributed by atoms with Crippen LogP contribution in [-0.4, -0.2) is 17.1 Å². The lowest BCUT2D eigenvalue weighted by Gasteiger charge is -2.34. The van der Waals surface area contributed by atoms with Crippen LogP contribution in [0.15, 0.2) is 24.3 Å². The second kappa shape index (κ2) is 3.57. The molecule has 15 heavy (non-hydrogen) atoms. The molecule has 1 aromatic carbocycles. The summed E-state index contributed by atoms with van der Waals surface area (Å²) in [4.78, 5) is 11.1. The van der Waals surface area contributed by atoms with Crippen molar-refractivity contribution < 1.29 is 9.90 Å². The molecule has 0 spiro atoms. The SMILES string of the molecule is C[C@H]1Nc2ccccc2[C@H](C)[C@@H]1C(=O)O. The molecule has 0 saturated heterocycles. The molecular formula is C12H15NO2. The topological polar surface area (TPSA) is 49.3 Å². The zero-order valence-electron chi connectivity index (χ0n) is 8.90. The fourth-order valence-electron chi connectivity index (χ4n) is 2.41. The summed E-state index contributed by atoms with van der Waals surface area (Å²) < 4.78 is 0. The van der Waals surface area contributed by atoms with Gasteiger partial charge in [-0.1, -0.05) is 25.1 Å². The highest BCUT2D eigenvalue weighted by Crippen LogP contribution is 2.37. The molecular weight excluding hydrogens is 190 g/mol. The van der Waals surface area contributed by atoms with E-state index in [4.69, 9.17) is 5.11 Å². The quantitative estimate of drug-likeness (QED) is 0.739. The monoisotopic (exact) mass is 205 g/mol. The lowest BCUT2D eigenvalue weighted by atomic mass is 9.79. The largest absolute Gasteiger partial charge is 0.481 e. The number of para-hydroxylation sites is 1. The van der Waals surface area contributed by atoms with Gasteiger partial charge in [0.05, 0.1) is 5.92 Å². The number of anilines is 1. The third kappa shape index (κ3) is 1.58. The Kier molecular flexibility index (Phi) is 2.39. The second-order valence-corrected chi connectivity index (χ2v) is 4.17. The summed E-state index contributed by atoms with van der Waals surface area (Å²) in [7, 11) is 0. The summed E-state index contributed by atoms with van der Waals surface area (Å²) in [6, 6.07) is 7.89. The van der Waals surface area contributed by atoms with Crippen LogP contribution in [0, 0.1) is 5.92 Å². The summed E-state index contributed by atoms with van der Waals surface area (Å²) in [6.07, 6.45) is 0. The van der Waals surface area contributed by atoms with Gasteiger partial charge in [-0.25, -0.2) is 0 Å². The van der Waals surface area contributed by atoms with Crippen molar-refractivity contribution in [1.29, 1.82) is 0 Å². The first-order chi connectivity index (χ1) is 7.11. The maximum absolute atomic E-state index is 11.1. The third-order valence-corrected chi connectivity index (χ3v) is 3.20. The van der Waals surface area contributed by atoms with E-state index in [1.54, 1.807) is 0 Å². The van der Waals surface area contributed by atoms with Gasteiger partial charge in [0.2, 0.25) is 0 Å². The molecule has 2 rings (SSSR count). The van der Waals surface area contributed by atoms with Gasteiger partial charge >= 0.3 is 5.97 Å². The molecule has 0 aromatic heterocycles. The number of rotatable bonds is 1. The Labute approximate surface area is 89.1 Å². The van der Waals surface area contributed by atoms with Gasteiger partial charge in [-0.3, -0.25) is 4.79 Å². The smallest absolute Gasteiger partial charge is 0.309 e. The highest BCUT2D eigenvalue weighted by molar-refractivity contribution is 5.75. The van der Waals surface area contributed by atoms with Crippen molar-refractivity contribution in [2.75, 3.05) is 5.32 Å². The van der Waals surface area contributed by atoms with E-state index in [2.05, 4.69) is 5.32 Å². The van der Waals surface area contributed by atoms with Crippen molar-refractivity contribution in [3.63, 3.8) is 0 Å². The molecule has 3 nitrogen and oxygen atoms in total. The predicted octanol–water partition coefficient (Wildman–Crippen LogP) is 2.30. The number of carbonyl (C=O) groups is 1. The van der Waals surface area contributed by atoms with Crippen molar-refractivity contribution >= 4 is 11.7 Å². The number of aliphatic carboxylic acids is 1. The summed E-state index contributed by atoms with van der Waals surface area (Å²) in [6.45, 7) is 3.90. The van der Waals surface area contributed by atoms with E-state index in [1.165, 1.54) is 0 Å². The Balaban J connectivity index is 2.42. The van der Waals surface area contributed by atoms with Gasteiger partial charge in [0.15, 0.2) is 0 Å². The zero-order valence-corrected chi connectivity index (χ0v) is 8.90. The summed E-state index contributed by atoms with van der Waals surface area (Å²) in [5, 5.41) is 12.4. The molecule has 0 unspecified atom stereocenters. The predicted molar refractivity (Wildman–Crippen MR) is 59.1 cm³/mol. The van der Waals surface area contributed by atoms with Crippen molar-refractivity contribution in [3.8, 4) is 0 Å². The molecule has 0 amide bonds. The van der Waals surface area contributed by atoms with Crippen LogP contribution in [0.1, 0.15) is 25.3 Å². The van der Waals surface area contributed by atoms with E-state index in [-0.39, 0.29) is 17.9 Å². The summed E-state index contributed by atoms with van der Waals surface area (Å²) in [5.41, 5.74) is 2.16. The van der Waals surface area contributed by atoms with Gasteiger partial charge in [-0.2, -0.15) is 0 Å². The second-order valence-electron chi connectivity index (χ2n) is 4.17. The van der Waals surface area contributed by atoms with E-state index >= 15 is 0 Å². The lowest BCUT2D eigenvalue weighted by Crippen LogP contribution is -2.39. The number of fused-ring (bicyclic) bond motifs is 1. The minimum atomic E-state index is -0.725. The molecule has 1 aliphatic rings. The lowest BCUT2D eigenvalue weighted by molar-refractivity contribution is -0.142. The van der Waals surface area contributed by atoms with Gasteiger partial charge in [-0.15, -0.1) is 0 Å². The Morgan fingerprint density at radius 2 is 2.00 bits per heavy atom. The van der Waals surface area contributed by atoms with Gasteiger partial charge in [0, 0.05) is 11.7 Å². The van der Waals surface area contributed by atoms with Gasteiger partial charge in [0.25, 0.3) is 0 Å². The molecule has 80 valence electrons. The standard InChI is InChI=1S/C12H15NO2/c1-7-9-5-3-4-6-10(9)13-8(2)11(7)12(14)15/h3-8,11,13H,1-2H3,(H,14,15)/t7-,8+,11-/m0/s1. The average molecular weight is 205 g/mol. The van der Waals surface area contributed by atoms with E-state index in [0.717, 1.165) is 11.3 Å². The van der Waals surface area contributed by atoms with E-state index < -0.39 is 5.97 Å². The Morgan fingerprint density at radius 3 is 2.67 bits per heavy atom. The van der Waals surface area contributed by atoms with Crippen LogP contribution in [0.25, 0.3) is 0 Å². The van der Waals surface area contributed by atoms with Crippen molar-refractivity contribution in [2.24, 2.45) is 5.92 Å². The number of nitrogens with one attached hydrogen (secondary N) is 1. The fraction of sp³-hybridized carbons (Fsp3) is 0.417. The normalized spacial score (nSPS) is 29.1. The number of benzene rings is 1. The summed E-state index contributed by atoms with van der Waals surface area (Å²) >= 11 is 0. The highest BCUT2D eigenvalue weighted by atomic mass is 16.4. The Bertz CT molecular complexity index is 389. The fourth-order valence-corrected chi connectivity index (χ4v) is 2.41. The molecule has 1 aromatic rings. The van der Waals surface area contributed by atoms with E-state index in [0.29, 0.717) is 0 Å². The first-order valence-corrected chi connectivity index (χ1v) is 5.19. The van der Waals surface area contributed by atoms with Crippen LogP contribution in [0.3, 0.4) is 0 Å². The molecule has 0 fully saturated rings. The van der Waals surface area contributed by atoms with Crippen molar-refractivity contribution in [1.82, 2.24) is 0 Å². The molecule has 0 saturated carbocycles. The molecule has 3 heteroatoms. The highest BCUT2D eigenvalue weighted by Gasteiger charge is 2.36. The number of carboxylic acid groups (broad SMARTS) is 1. The van der Waals surface area contributed by atoms with Crippen LogP contribution >= 0.6 is 0 Å². The van der Waals surface area contributed by atoms with Crippen LogP contribution in [0.4, 0.5) is 5.69 Å². The van der Waals surface area contributed by atoms with Crippen LogP contribution < -0.4 is 5.32 Å². The van der Waals surface area contributed by atoms with Crippen LogP contribution in [0.5, 0.6) is 0 Å². The Hall–Kier alpha value is -1.51. The van der Waals surface area contributed by atoms with Crippen molar-refractivity contribution in [2.45, 2.75) is 25.8 Å². The van der Waals surface area contributed by atoms with Crippen LogP contribution in [0.2, 0.25) is 0 Å². The van der Waals surface area contributed by atoms with Gasteiger partial charge < -0.3 is 10.4 Å². The zero-order chi connectivity index (χ0) is 11.0. The summed E-state index contributed by atoms with van der Waals surface area (Å²) in [5.74, 6) is -1.01. The molecule has 0 radical (unpaired) electrons. The first kappa shape index (κ1) is 10.0. The molecule has 1 aliphatic heterocycles. The molecule has 0 bridgehead atoms. The maximum atomic E-state index is 11.1. The molecule has 1 heterocycles. The van der Waals surface area contributed by atoms with E-state index in [9.17, 15) is 4.79 Å². The molecule has 2 N–H and O–H groups in total. The minimum absolute atomic E-state index is 0.0209. The van der Waals surface area contributed by atoms with Crippen LogP contribution in [-0.2, 0) is 4.79 Å². The first-order valence-electron chi connectivity index (χ1n) is 5.19. The number of carboxylic acids is 1. The third-order valence-electron chi connectivity index (χ3n) is 3.20. The van der Waals surface area contributed by atoms with E-state index in [1.807, 2.05) is 38.1 Å². The average Bonchev–Trinajstić information content (AvgIpc) is 2.17. The van der Waals surface area contributed by atoms with Gasteiger partial charge in [-0.05, 0) is 24.5 Å². The van der Waals surface area contributed by atoms with Gasteiger partial charge in [0.1, 0.15) is 0 Å². The van der Waals surface area contributed by atoms with Crippen molar-refractivity contribution in [3.05, 3.63) is 29.8 Å². The number of hydrogen-bond donors (Lipinski definition) is 2. The minimum Gasteiger partial charge on any atom is -0.481 e.